The van der Waals surface area contributed by atoms with E-state index in [4.69, 9.17) is 14.2 Å². The van der Waals surface area contributed by atoms with Crippen molar-refractivity contribution in [1.82, 2.24) is 10.6 Å². The van der Waals surface area contributed by atoms with Gasteiger partial charge < -0.3 is 24.8 Å². The van der Waals surface area contributed by atoms with Crippen LogP contribution in [0.5, 0.6) is 17.2 Å². The number of rotatable bonds is 9. The van der Waals surface area contributed by atoms with Crippen molar-refractivity contribution in [3.05, 3.63) is 53.1 Å². The summed E-state index contributed by atoms with van der Waals surface area (Å²) in [5, 5.41) is 6.67. The molecule has 0 bridgehead atoms. The van der Waals surface area contributed by atoms with E-state index < -0.39 is 0 Å². The predicted molar refractivity (Wildman–Crippen MR) is 129 cm³/mol. The van der Waals surface area contributed by atoms with Crippen molar-refractivity contribution < 1.29 is 14.2 Å². The SMILES string of the molecule is CCNC(=NCc1ccc(OC)c(OC)c1)NCCc1cc(C)ccc1OC.I. The predicted octanol–water partition coefficient (Wildman–Crippen LogP) is 3.94. The summed E-state index contributed by atoms with van der Waals surface area (Å²) in [7, 11) is 4.97. The number of hydrogen-bond acceptors (Lipinski definition) is 4. The molecule has 0 heterocycles. The van der Waals surface area contributed by atoms with Crippen LogP contribution in [0.3, 0.4) is 0 Å². The maximum atomic E-state index is 5.46. The normalized spacial score (nSPS) is 10.7. The molecule has 0 amide bonds. The highest BCUT2D eigenvalue weighted by Gasteiger charge is 2.06. The number of nitrogens with one attached hydrogen (secondary N) is 2. The average molecular weight is 513 g/mol. The van der Waals surface area contributed by atoms with Crippen LogP contribution in [0.2, 0.25) is 0 Å². The van der Waals surface area contributed by atoms with Crippen LogP contribution in [0.15, 0.2) is 41.4 Å². The molecule has 0 fully saturated rings. The van der Waals surface area contributed by atoms with E-state index in [1.807, 2.05) is 24.3 Å². The number of nitrogens with zero attached hydrogens (tertiary/aromatic N) is 1. The fourth-order valence-electron chi connectivity index (χ4n) is 2.91. The number of aryl methyl sites for hydroxylation is 1. The van der Waals surface area contributed by atoms with Gasteiger partial charge in [0.15, 0.2) is 17.5 Å². The lowest BCUT2D eigenvalue weighted by Crippen LogP contribution is -2.38. The number of halogens is 1. The van der Waals surface area contributed by atoms with Crippen molar-refractivity contribution in [3.63, 3.8) is 0 Å². The van der Waals surface area contributed by atoms with Gasteiger partial charge in [0, 0.05) is 13.1 Å². The first-order valence-electron chi connectivity index (χ1n) is 9.47. The Morgan fingerprint density at radius 3 is 2.24 bits per heavy atom. The summed E-state index contributed by atoms with van der Waals surface area (Å²) in [6, 6.07) is 12.1. The van der Waals surface area contributed by atoms with E-state index in [0.717, 1.165) is 36.8 Å². The van der Waals surface area contributed by atoms with Crippen LogP contribution in [0.4, 0.5) is 0 Å². The number of hydrogen-bond donors (Lipinski definition) is 2. The maximum absolute atomic E-state index is 5.46. The molecular weight excluding hydrogens is 481 g/mol. The van der Waals surface area contributed by atoms with E-state index in [-0.39, 0.29) is 24.0 Å². The Hall–Kier alpha value is -2.16. The topological polar surface area (TPSA) is 64.1 Å². The third kappa shape index (κ3) is 7.64. The molecule has 0 unspecified atom stereocenters. The monoisotopic (exact) mass is 513 g/mol. The fourth-order valence-corrected chi connectivity index (χ4v) is 2.91. The minimum absolute atomic E-state index is 0. The summed E-state index contributed by atoms with van der Waals surface area (Å²) in [6.45, 7) is 6.24. The minimum atomic E-state index is 0. The summed E-state index contributed by atoms with van der Waals surface area (Å²) in [6.07, 6.45) is 0.853. The Morgan fingerprint density at radius 1 is 0.897 bits per heavy atom. The largest absolute Gasteiger partial charge is 0.496 e. The van der Waals surface area contributed by atoms with Crippen molar-refractivity contribution in [2.24, 2.45) is 4.99 Å². The fraction of sp³-hybridized carbons (Fsp3) is 0.409. The maximum Gasteiger partial charge on any atom is 0.191 e. The molecule has 0 aliphatic heterocycles. The molecule has 0 aromatic heterocycles. The molecule has 0 aliphatic rings. The minimum Gasteiger partial charge on any atom is -0.496 e. The van der Waals surface area contributed by atoms with Gasteiger partial charge in [-0.2, -0.15) is 0 Å². The molecule has 7 heteroatoms. The zero-order valence-electron chi connectivity index (χ0n) is 17.9. The van der Waals surface area contributed by atoms with Gasteiger partial charge >= 0.3 is 0 Å². The van der Waals surface area contributed by atoms with Gasteiger partial charge in [0.2, 0.25) is 0 Å². The molecule has 0 radical (unpaired) electrons. The van der Waals surface area contributed by atoms with Crippen LogP contribution in [-0.4, -0.2) is 40.4 Å². The van der Waals surface area contributed by atoms with Gasteiger partial charge in [0.1, 0.15) is 5.75 Å². The molecule has 0 saturated heterocycles. The summed E-state index contributed by atoms with van der Waals surface area (Å²) in [5.41, 5.74) is 3.46. The van der Waals surface area contributed by atoms with Crippen molar-refractivity contribution in [3.8, 4) is 17.2 Å². The number of guanidine groups is 1. The molecule has 2 rings (SSSR count). The standard InChI is InChI=1S/C22H31N3O3.HI/c1-6-23-22(24-12-11-18-13-16(2)7-9-19(18)26-3)25-15-17-8-10-20(27-4)21(14-17)28-5;/h7-10,13-14H,6,11-12,15H2,1-5H3,(H2,23,24,25);1H. The zero-order valence-corrected chi connectivity index (χ0v) is 20.2. The summed E-state index contributed by atoms with van der Waals surface area (Å²) < 4.78 is 16.1. The van der Waals surface area contributed by atoms with Gasteiger partial charge in [0.05, 0.1) is 27.9 Å². The number of benzene rings is 2. The highest BCUT2D eigenvalue weighted by atomic mass is 127. The number of aliphatic imine (C=N–C) groups is 1. The van der Waals surface area contributed by atoms with Crippen molar-refractivity contribution >= 4 is 29.9 Å². The molecule has 6 nitrogen and oxygen atoms in total. The molecule has 0 atom stereocenters. The van der Waals surface area contributed by atoms with Gasteiger partial charge in [-0.1, -0.05) is 23.8 Å². The second-order valence-electron chi connectivity index (χ2n) is 6.38. The smallest absolute Gasteiger partial charge is 0.191 e. The molecule has 160 valence electrons. The van der Waals surface area contributed by atoms with E-state index in [1.165, 1.54) is 11.1 Å². The zero-order chi connectivity index (χ0) is 20.4. The lowest BCUT2D eigenvalue weighted by atomic mass is 10.1. The lowest BCUT2D eigenvalue weighted by Gasteiger charge is -2.14. The highest BCUT2D eigenvalue weighted by molar-refractivity contribution is 14.0. The first-order chi connectivity index (χ1) is 13.6. The van der Waals surface area contributed by atoms with Gasteiger partial charge in [-0.3, -0.25) is 0 Å². The van der Waals surface area contributed by atoms with E-state index >= 15 is 0 Å². The molecule has 0 saturated carbocycles. The van der Waals surface area contributed by atoms with Crippen LogP contribution in [-0.2, 0) is 13.0 Å². The van der Waals surface area contributed by atoms with E-state index in [9.17, 15) is 0 Å². The summed E-state index contributed by atoms with van der Waals surface area (Å²) in [4.78, 5) is 4.67. The average Bonchev–Trinajstić information content (AvgIpc) is 2.71. The Balaban J connectivity index is 0.00000420. The molecule has 0 aliphatic carbocycles. The van der Waals surface area contributed by atoms with Crippen LogP contribution < -0.4 is 24.8 Å². The van der Waals surface area contributed by atoms with Crippen LogP contribution in [0, 0.1) is 6.92 Å². The molecular formula is C22H32IN3O3. The van der Waals surface area contributed by atoms with Gasteiger partial charge in [-0.05, 0) is 49.6 Å². The van der Waals surface area contributed by atoms with E-state index in [2.05, 4.69) is 41.6 Å². The highest BCUT2D eigenvalue weighted by Crippen LogP contribution is 2.27. The van der Waals surface area contributed by atoms with Gasteiger partial charge in [-0.15, -0.1) is 24.0 Å². The summed E-state index contributed by atoms with van der Waals surface area (Å²) in [5.74, 6) is 3.12. The van der Waals surface area contributed by atoms with Crippen molar-refractivity contribution in [2.75, 3.05) is 34.4 Å². The molecule has 2 aromatic rings. The van der Waals surface area contributed by atoms with E-state index in [0.29, 0.717) is 18.0 Å². The summed E-state index contributed by atoms with van der Waals surface area (Å²) >= 11 is 0. The van der Waals surface area contributed by atoms with Crippen LogP contribution in [0.25, 0.3) is 0 Å². The lowest BCUT2D eigenvalue weighted by molar-refractivity contribution is 0.354. The molecule has 0 spiro atoms. The van der Waals surface area contributed by atoms with Crippen molar-refractivity contribution in [1.29, 1.82) is 0 Å². The second-order valence-corrected chi connectivity index (χ2v) is 6.38. The van der Waals surface area contributed by atoms with Gasteiger partial charge in [-0.25, -0.2) is 4.99 Å². The van der Waals surface area contributed by atoms with Crippen molar-refractivity contribution in [2.45, 2.75) is 26.8 Å². The van der Waals surface area contributed by atoms with Crippen LogP contribution in [0.1, 0.15) is 23.6 Å². The first kappa shape index (κ1) is 24.9. The van der Waals surface area contributed by atoms with Gasteiger partial charge in [0.25, 0.3) is 0 Å². The molecule has 2 N–H and O–H groups in total. The third-order valence-electron chi connectivity index (χ3n) is 4.33. The Bertz CT molecular complexity index is 797. The quantitative estimate of drug-likeness (QED) is 0.302. The van der Waals surface area contributed by atoms with Crippen LogP contribution >= 0.6 is 24.0 Å². The van der Waals surface area contributed by atoms with E-state index in [1.54, 1.807) is 21.3 Å². The molecule has 2 aromatic carbocycles. The Kier molecular flexibility index (Phi) is 11.3. The number of methoxy groups -OCH3 is 3. The second kappa shape index (κ2) is 13.1. The third-order valence-corrected chi connectivity index (χ3v) is 4.33. The Labute approximate surface area is 191 Å². The first-order valence-corrected chi connectivity index (χ1v) is 9.47. The number of ether oxygens (including phenoxy) is 3. The Morgan fingerprint density at radius 2 is 1.59 bits per heavy atom. The molecule has 29 heavy (non-hydrogen) atoms.